The Morgan fingerprint density at radius 2 is 1.37 bits per heavy atom. The van der Waals surface area contributed by atoms with E-state index in [2.05, 4.69) is 31.2 Å². The summed E-state index contributed by atoms with van der Waals surface area (Å²) in [4.78, 5) is 22.2. The highest BCUT2D eigenvalue weighted by atomic mass is 16.4. The Morgan fingerprint density at radius 1 is 0.852 bits per heavy atom. The quantitative estimate of drug-likeness (QED) is 0.251. The Balaban J connectivity index is 2.33. The molecule has 0 aliphatic heterocycles. The van der Waals surface area contributed by atoms with Crippen LogP contribution in [0.2, 0.25) is 0 Å². The Morgan fingerprint density at radius 3 is 1.93 bits per heavy atom. The van der Waals surface area contributed by atoms with Gasteiger partial charge in [-0.15, -0.1) is 0 Å². The topological polar surface area (TPSA) is 74.6 Å². The van der Waals surface area contributed by atoms with Gasteiger partial charge in [0.15, 0.2) is 5.41 Å². The Hall–Kier alpha value is -2.10. The average Bonchev–Trinajstić information content (AvgIpc) is 2.65. The van der Waals surface area contributed by atoms with Gasteiger partial charge in [-0.05, 0) is 43.7 Å². The minimum Gasteiger partial charge on any atom is -0.480 e. The molecule has 27 heavy (non-hydrogen) atoms. The fourth-order valence-electron chi connectivity index (χ4n) is 2.93. The van der Waals surface area contributed by atoms with E-state index < -0.39 is 17.4 Å². The van der Waals surface area contributed by atoms with Crippen LogP contribution in [-0.2, 0) is 22.4 Å². The Kier molecular flexibility index (Phi) is 10.5. The van der Waals surface area contributed by atoms with E-state index in [4.69, 9.17) is 10.2 Å². The SMILES string of the molecule is CCCCCCCCCc1ccc(CC=CCC(C)(C(=O)O)C(=O)O)cc1. The maximum absolute atomic E-state index is 11.1. The van der Waals surface area contributed by atoms with Gasteiger partial charge in [0.2, 0.25) is 0 Å². The number of carbonyl (C=O) groups is 2. The zero-order valence-electron chi connectivity index (χ0n) is 16.7. The molecule has 0 heterocycles. The van der Waals surface area contributed by atoms with Gasteiger partial charge in [-0.25, -0.2) is 0 Å². The zero-order chi connectivity index (χ0) is 20.1. The molecule has 2 N–H and O–H groups in total. The minimum absolute atomic E-state index is 0.0198. The lowest BCUT2D eigenvalue weighted by atomic mass is 9.87. The van der Waals surface area contributed by atoms with Crippen molar-refractivity contribution in [1.82, 2.24) is 0 Å². The monoisotopic (exact) mass is 374 g/mol. The number of rotatable bonds is 14. The molecule has 1 aromatic rings. The van der Waals surface area contributed by atoms with E-state index in [9.17, 15) is 9.59 Å². The third kappa shape index (κ3) is 8.42. The predicted octanol–water partition coefficient (Wildman–Crippen LogP) is 5.64. The van der Waals surface area contributed by atoms with Crippen molar-refractivity contribution in [3.05, 3.63) is 47.5 Å². The molecule has 0 aliphatic rings. The molecule has 0 aromatic heterocycles. The second-order valence-corrected chi connectivity index (χ2v) is 7.51. The van der Waals surface area contributed by atoms with E-state index in [0.29, 0.717) is 6.42 Å². The second-order valence-electron chi connectivity index (χ2n) is 7.51. The highest BCUT2D eigenvalue weighted by molar-refractivity contribution is 5.97. The third-order valence-corrected chi connectivity index (χ3v) is 5.08. The maximum atomic E-state index is 11.1. The molecule has 0 spiro atoms. The fraction of sp³-hybridized carbons (Fsp3) is 0.565. The molecule has 0 atom stereocenters. The van der Waals surface area contributed by atoms with Crippen LogP contribution in [0.4, 0.5) is 0 Å². The minimum atomic E-state index is -1.77. The van der Waals surface area contributed by atoms with Crippen molar-refractivity contribution in [1.29, 1.82) is 0 Å². The molecule has 0 amide bonds. The van der Waals surface area contributed by atoms with Gasteiger partial charge in [-0.2, -0.15) is 0 Å². The molecule has 0 radical (unpaired) electrons. The molecule has 4 nitrogen and oxygen atoms in total. The standard InChI is InChI=1S/C23H34O4/c1-3-4-5-6-7-8-9-12-19-14-16-20(17-15-19)13-10-11-18-23(2,21(24)25)22(26)27/h10-11,14-17H,3-9,12-13,18H2,1-2H3,(H,24,25)(H,26,27). The van der Waals surface area contributed by atoms with Gasteiger partial charge in [0.1, 0.15) is 0 Å². The van der Waals surface area contributed by atoms with Crippen LogP contribution in [0.15, 0.2) is 36.4 Å². The van der Waals surface area contributed by atoms with Crippen molar-refractivity contribution in [3.63, 3.8) is 0 Å². The van der Waals surface area contributed by atoms with Gasteiger partial charge < -0.3 is 10.2 Å². The van der Waals surface area contributed by atoms with E-state index in [1.54, 1.807) is 6.08 Å². The summed E-state index contributed by atoms with van der Waals surface area (Å²) in [6.45, 7) is 3.48. The Bertz CT molecular complexity index is 587. The molecule has 0 fully saturated rings. The molecule has 1 aromatic carbocycles. The van der Waals surface area contributed by atoms with E-state index in [-0.39, 0.29) is 6.42 Å². The summed E-state index contributed by atoms with van der Waals surface area (Å²) in [5.41, 5.74) is 0.721. The number of hydrogen-bond donors (Lipinski definition) is 2. The molecule has 0 aliphatic carbocycles. The summed E-state index contributed by atoms with van der Waals surface area (Å²) in [7, 11) is 0. The van der Waals surface area contributed by atoms with Gasteiger partial charge in [0.05, 0.1) is 0 Å². The summed E-state index contributed by atoms with van der Waals surface area (Å²) in [6.07, 6.45) is 14.5. The third-order valence-electron chi connectivity index (χ3n) is 5.08. The van der Waals surface area contributed by atoms with E-state index >= 15 is 0 Å². The van der Waals surface area contributed by atoms with Crippen molar-refractivity contribution in [2.24, 2.45) is 5.41 Å². The van der Waals surface area contributed by atoms with E-state index in [1.807, 2.05) is 6.08 Å². The molecular weight excluding hydrogens is 340 g/mol. The number of carboxylic acid groups (broad SMARTS) is 2. The molecule has 1 rings (SSSR count). The van der Waals surface area contributed by atoms with Crippen molar-refractivity contribution >= 4 is 11.9 Å². The number of hydrogen-bond acceptors (Lipinski definition) is 2. The first-order valence-corrected chi connectivity index (χ1v) is 10.1. The first-order chi connectivity index (χ1) is 12.9. The number of aryl methyl sites for hydroxylation is 1. The molecule has 0 saturated heterocycles. The first kappa shape index (κ1) is 22.9. The molecule has 0 bridgehead atoms. The lowest BCUT2D eigenvalue weighted by Gasteiger charge is -2.16. The molecule has 4 heteroatoms. The van der Waals surface area contributed by atoms with Crippen LogP contribution < -0.4 is 0 Å². The number of unbranched alkanes of at least 4 members (excludes halogenated alkanes) is 6. The lowest BCUT2D eigenvalue weighted by molar-refractivity contribution is -0.162. The zero-order valence-corrected chi connectivity index (χ0v) is 16.7. The maximum Gasteiger partial charge on any atom is 0.321 e. The molecule has 0 saturated carbocycles. The largest absolute Gasteiger partial charge is 0.480 e. The van der Waals surface area contributed by atoms with E-state index in [1.165, 1.54) is 57.4 Å². The highest BCUT2D eigenvalue weighted by Crippen LogP contribution is 2.23. The van der Waals surface area contributed by atoms with Gasteiger partial charge in [0, 0.05) is 0 Å². The summed E-state index contributed by atoms with van der Waals surface area (Å²) in [6, 6.07) is 8.49. The van der Waals surface area contributed by atoms with Crippen LogP contribution in [0.3, 0.4) is 0 Å². The van der Waals surface area contributed by atoms with Crippen molar-refractivity contribution in [3.8, 4) is 0 Å². The smallest absolute Gasteiger partial charge is 0.321 e. The molecule has 0 unspecified atom stereocenters. The van der Waals surface area contributed by atoms with Crippen LogP contribution in [-0.4, -0.2) is 22.2 Å². The van der Waals surface area contributed by atoms with E-state index in [0.717, 1.165) is 12.0 Å². The number of benzene rings is 1. The second kappa shape index (κ2) is 12.3. The summed E-state index contributed by atoms with van der Waals surface area (Å²) in [5.74, 6) is -2.62. The highest BCUT2D eigenvalue weighted by Gasteiger charge is 2.40. The van der Waals surface area contributed by atoms with Gasteiger partial charge >= 0.3 is 11.9 Å². The average molecular weight is 375 g/mol. The van der Waals surface area contributed by atoms with Crippen molar-refractivity contribution in [2.45, 2.75) is 78.1 Å². The van der Waals surface area contributed by atoms with Gasteiger partial charge in [-0.1, -0.05) is 81.9 Å². The van der Waals surface area contributed by atoms with Crippen LogP contribution in [0.5, 0.6) is 0 Å². The van der Waals surface area contributed by atoms with Crippen LogP contribution in [0.1, 0.15) is 76.3 Å². The molecule has 150 valence electrons. The predicted molar refractivity (Wildman–Crippen MR) is 109 cm³/mol. The number of allylic oxidation sites excluding steroid dienone is 2. The number of aliphatic carboxylic acids is 2. The summed E-state index contributed by atoms with van der Waals surface area (Å²) >= 11 is 0. The number of carboxylic acids is 2. The van der Waals surface area contributed by atoms with Gasteiger partial charge in [0.25, 0.3) is 0 Å². The fourth-order valence-corrected chi connectivity index (χ4v) is 2.93. The van der Waals surface area contributed by atoms with Crippen LogP contribution in [0, 0.1) is 5.41 Å². The Labute approximate surface area is 163 Å². The molecular formula is C23H34O4. The van der Waals surface area contributed by atoms with Gasteiger partial charge in [-0.3, -0.25) is 9.59 Å². The lowest BCUT2D eigenvalue weighted by Crippen LogP contribution is -2.35. The summed E-state index contributed by atoms with van der Waals surface area (Å²) < 4.78 is 0. The normalized spacial score (nSPS) is 11.8. The van der Waals surface area contributed by atoms with Crippen LogP contribution in [0.25, 0.3) is 0 Å². The van der Waals surface area contributed by atoms with Crippen molar-refractivity contribution in [2.75, 3.05) is 0 Å². The summed E-state index contributed by atoms with van der Waals surface area (Å²) in [5, 5.41) is 18.2. The first-order valence-electron chi connectivity index (χ1n) is 10.1. The van der Waals surface area contributed by atoms with Crippen molar-refractivity contribution < 1.29 is 19.8 Å². The van der Waals surface area contributed by atoms with Crippen LogP contribution >= 0.6 is 0 Å².